The number of nitrogens with zero attached hydrogens (tertiary/aromatic N) is 5. The van der Waals surface area contributed by atoms with Crippen molar-refractivity contribution in [2.45, 2.75) is 56.9 Å². The van der Waals surface area contributed by atoms with E-state index in [0.717, 1.165) is 22.2 Å². The van der Waals surface area contributed by atoms with E-state index in [2.05, 4.69) is 26.9 Å². The minimum atomic E-state index is 0.0557. The van der Waals surface area contributed by atoms with E-state index in [0.29, 0.717) is 24.1 Å². The molecule has 0 aliphatic heterocycles. The number of aromatic nitrogens is 5. The Bertz CT molecular complexity index is 1310. The van der Waals surface area contributed by atoms with Crippen LogP contribution in [0.25, 0.3) is 22.2 Å². The molecule has 1 aromatic carbocycles. The Balaban J connectivity index is 1.32. The summed E-state index contributed by atoms with van der Waals surface area (Å²) in [5.41, 5.74) is 5.89. The lowest BCUT2D eigenvalue weighted by Gasteiger charge is -2.14. The second-order valence-electron chi connectivity index (χ2n) is 9.32. The number of hydrogen-bond donors (Lipinski definition) is 0. The summed E-state index contributed by atoms with van der Waals surface area (Å²) < 4.78 is 3.98. The average Bonchev–Trinajstić information content (AvgIpc) is 3.15. The molecule has 3 aromatic heterocycles. The number of Topliss-reactive ketones (excluding diaryl/α,β-unsaturated/α-hetero) is 1. The largest absolute Gasteiger partial charge is 0.292 e. The molecule has 6 heteroatoms. The topological polar surface area (TPSA) is 65.6 Å². The molecule has 0 spiro atoms. The molecular formula is C26H27N5O. The van der Waals surface area contributed by atoms with E-state index in [9.17, 15) is 4.79 Å². The first-order valence-electron chi connectivity index (χ1n) is 11.6. The lowest BCUT2D eigenvalue weighted by Crippen LogP contribution is -2.09. The van der Waals surface area contributed by atoms with Gasteiger partial charge in [-0.3, -0.25) is 14.2 Å². The molecular weight excluding hydrogens is 398 g/mol. The van der Waals surface area contributed by atoms with Gasteiger partial charge in [-0.15, -0.1) is 0 Å². The lowest BCUT2D eigenvalue weighted by atomic mass is 9.96. The van der Waals surface area contributed by atoms with Crippen molar-refractivity contribution in [3.63, 3.8) is 0 Å². The van der Waals surface area contributed by atoms with Crippen LogP contribution in [0.5, 0.6) is 0 Å². The minimum Gasteiger partial charge on any atom is -0.292 e. The molecule has 2 fully saturated rings. The zero-order chi connectivity index (χ0) is 21.7. The van der Waals surface area contributed by atoms with Gasteiger partial charge in [0.05, 0.1) is 29.6 Å². The fourth-order valence-electron chi connectivity index (χ4n) is 5.09. The highest BCUT2D eigenvalue weighted by molar-refractivity contribution is 5.97. The number of aryl methyl sites for hydroxylation is 1. The van der Waals surface area contributed by atoms with Gasteiger partial charge >= 0.3 is 0 Å². The van der Waals surface area contributed by atoms with Crippen molar-refractivity contribution in [2.75, 3.05) is 0 Å². The molecule has 0 bridgehead atoms. The molecule has 162 valence electrons. The normalized spacial score (nSPS) is 16.8. The molecule has 6 rings (SSSR count). The molecule has 6 nitrogen and oxygen atoms in total. The van der Waals surface area contributed by atoms with Crippen molar-refractivity contribution in [2.24, 2.45) is 7.05 Å². The van der Waals surface area contributed by atoms with Crippen molar-refractivity contribution >= 4 is 16.7 Å². The number of ketones is 1. The van der Waals surface area contributed by atoms with E-state index >= 15 is 0 Å². The molecule has 0 unspecified atom stereocenters. The standard InChI is InChI=1S/C26H27N5O/c1-30-16-20(15-27-30)23-7-4-8-24(29-23)26(32)12-18-11-19-14-28-31(21-5-2-3-6-21)25(19)13-22(18)17-9-10-17/h4,7-8,11,13-17,21H,2-3,5-6,9-10,12H2,1H3. The maximum Gasteiger partial charge on any atom is 0.185 e. The van der Waals surface area contributed by atoms with Gasteiger partial charge in [-0.2, -0.15) is 10.2 Å². The predicted molar refractivity (Wildman–Crippen MR) is 124 cm³/mol. The first kappa shape index (κ1) is 19.4. The van der Waals surface area contributed by atoms with Gasteiger partial charge < -0.3 is 0 Å². The van der Waals surface area contributed by atoms with E-state index < -0.39 is 0 Å². The van der Waals surface area contributed by atoms with Gasteiger partial charge in [0.25, 0.3) is 0 Å². The first-order chi connectivity index (χ1) is 15.7. The summed E-state index contributed by atoms with van der Waals surface area (Å²) in [5, 5.41) is 10.1. The Hall–Kier alpha value is -3.28. The fourth-order valence-corrected chi connectivity index (χ4v) is 5.09. The van der Waals surface area contributed by atoms with Crippen molar-refractivity contribution in [3.05, 3.63) is 65.7 Å². The SMILES string of the molecule is Cn1cc(-c2cccc(C(=O)Cc3cc4cnn(C5CCCC5)c4cc3C3CC3)n2)cn1. The summed E-state index contributed by atoms with van der Waals surface area (Å²) in [6.07, 6.45) is 13.5. The Labute approximate surface area is 187 Å². The van der Waals surface area contributed by atoms with Gasteiger partial charge in [0.15, 0.2) is 5.78 Å². The van der Waals surface area contributed by atoms with Crippen LogP contribution in [0.1, 0.15) is 72.1 Å². The monoisotopic (exact) mass is 425 g/mol. The van der Waals surface area contributed by atoms with Crippen LogP contribution in [0.2, 0.25) is 0 Å². The highest BCUT2D eigenvalue weighted by Gasteiger charge is 2.29. The molecule has 2 aliphatic carbocycles. The van der Waals surface area contributed by atoms with Crippen LogP contribution in [0.4, 0.5) is 0 Å². The maximum atomic E-state index is 13.2. The smallest absolute Gasteiger partial charge is 0.185 e. The lowest BCUT2D eigenvalue weighted by molar-refractivity contribution is 0.0988. The Morgan fingerprint density at radius 1 is 1.06 bits per heavy atom. The second-order valence-corrected chi connectivity index (χ2v) is 9.32. The third-order valence-corrected chi connectivity index (χ3v) is 6.93. The van der Waals surface area contributed by atoms with Crippen molar-refractivity contribution in [3.8, 4) is 11.3 Å². The summed E-state index contributed by atoms with van der Waals surface area (Å²) in [6, 6.07) is 10.7. The molecule has 0 N–H and O–H groups in total. The molecule has 2 aliphatic rings. The van der Waals surface area contributed by atoms with Gasteiger partial charge in [0.2, 0.25) is 0 Å². The summed E-state index contributed by atoms with van der Waals surface area (Å²) in [6.45, 7) is 0. The van der Waals surface area contributed by atoms with Gasteiger partial charge in [0.1, 0.15) is 5.69 Å². The van der Waals surface area contributed by atoms with E-state index in [1.807, 2.05) is 37.6 Å². The van der Waals surface area contributed by atoms with E-state index in [-0.39, 0.29) is 5.78 Å². The Morgan fingerprint density at radius 3 is 2.66 bits per heavy atom. The molecule has 0 amide bonds. The highest BCUT2D eigenvalue weighted by atomic mass is 16.1. The van der Waals surface area contributed by atoms with Gasteiger partial charge in [-0.25, -0.2) is 4.98 Å². The van der Waals surface area contributed by atoms with Crippen LogP contribution < -0.4 is 0 Å². The molecule has 0 radical (unpaired) electrons. The number of fused-ring (bicyclic) bond motifs is 1. The molecule has 32 heavy (non-hydrogen) atoms. The van der Waals surface area contributed by atoms with Crippen LogP contribution in [0.3, 0.4) is 0 Å². The number of rotatable bonds is 6. The van der Waals surface area contributed by atoms with E-state index in [1.54, 1.807) is 10.9 Å². The van der Waals surface area contributed by atoms with Crippen LogP contribution >= 0.6 is 0 Å². The second kappa shape index (κ2) is 7.69. The molecule has 2 saturated carbocycles. The van der Waals surface area contributed by atoms with Crippen molar-refractivity contribution in [1.29, 1.82) is 0 Å². The Kier molecular flexibility index (Phi) is 4.67. The van der Waals surface area contributed by atoms with Crippen LogP contribution in [0.15, 0.2) is 48.9 Å². The minimum absolute atomic E-state index is 0.0557. The summed E-state index contributed by atoms with van der Waals surface area (Å²) in [5.74, 6) is 0.629. The number of carbonyl (C=O) groups excluding carboxylic acids is 1. The number of benzene rings is 1. The van der Waals surface area contributed by atoms with Crippen molar-refractivity contribution < 1.29 is 4.79 Å². The van der Waals surface area contributed by atoms with Crippen LogP contribution in [-0.4, -0.2) is 30.3 Å². The van der Waals surface area contributed by atoms with Gasteiger partial charge in [0, 0.05) is 30.6 Å². The van der Waals surface area contributed by atoms with Crippen LogP contribution in [0, 0.1) is 0 Å². The molecule has 3 heterocycles. The zero-order valence-corrected chi connectivity index (χ0v) is 18.4. The average molecular weight is 426 g/mol. The summed E-state index contributed by atoms with van der Waals surface area (Å²) in [7, 11) is 1.88. The fraction of sp³-hybridized carbons (Fsp3) is 0.385. The summed E-state index contributed by atoms with van der Waals surface area (Å²) in [4.78, 5) is 17.9. The predicted octanol–water partition coefficient (Wildman–Crippen LogP) is 5.25. The molecule has 0 saturated heterocycles. The highest BCUT2D eigenvalue weighted by Crippen LogP contribution is 2.44. The van der Waals surface area contributed by atoms with Crippen LogP contribution in [-0.2, 0) is 13.5 Å². The van der Waals surface area contributed by atoms with Crippen molar-refractivity contribution in [1.82, 2.24) is 24.5 Å². The van der Waals surface area contributed by atoms with E-state index in [1.165, 1.54) is 49.6 Å². The zero-order valence-electron chi connectivity index (χ0n) is 18.4. The number of carbonyl (C=O) groups is 1. The van der Waals surface area contributed by atoms with Gasteiger partial charge in [-0.05, 0) is 67.0 Å². The quantitative estimate of drug-likeness (QED) is 0.396. The molecule has 0 atom stereocenters. The maximum absolute atomic E-state index is 13.2. The third-order valence-electron chi connectivity index (χ3n) is 6.93. The number of pyridine rings is 1. The third kappa shape index (κ3) is 3.53. The number of hydrogen-bond acceptors (Lipinski definition) is 4. The molecule has 4 aromatic rings. The Morgan fingerprint density at radius 2 is 1.91 bits per heavy atom. The summed E-state index contributed by atoms with van der Waals surface area (Å²) >= 11 is 0. The first-order valence-corrected chi connectivity index (χ1v) is 11.6. The van der Waals surface area contributed by atoms with E-state index in [4.69, 9.17) is 5.10 Å². The van der Waals surface area contributed by atoms with Gasteiger partial charge in [-0.1, -0.05) is 18.9 Å².